The maximum atomic E-state index is 13.9. The number of furan rings is 1. The van der Waals surface area contributed by atoms with Gasteiger partial charge in [0, 0.05) is 16.7 Å². The van der Waals surface area contributed by atoms with Gasteiger partial charge in [-0.15, -0.1) is 0 Å². The van der Waals surface area contributed by atoms with Gasteiger partial charge in [0.1, 0.15) is 17.3 Å². The van der Waals surface area contributed by atoms with Gasteiger partial charge in [0.05, 0.1) is 47.2 Å². The number of methoxy groups -OCH3 is 1. The predicted molar refractivity (Wildman–Crippen MR) is 163 cm³/mol. The van der Waals surface area contributed by atoms with E-state index in [1.807, 2.05) is 6.07 Å². The van der Waals surface area contributed by atoms with E-state index in [1.165, 1.54) is 15.9 Å². The molecule has 0 fully saturated rings. The molecule has 0 bridgehead atoms. The van der Waals surface area contributed by atoms with Crippen molar-refractivity contribution in [2.75, 3.05) is 13.7 Å². The van der Waals surface area contributed by atoms with Gasteiger partial charge in [-0.25, -0.2) is 14.6 Å². The van der Waals surface area contributed by atoms with Crippen molar-refractivity contribution in [3.05, 3.63) is 107 Å². The summed E-state index contributed by atoms with van der Waals surface area (Å²) in [5.41, 5.74) is 1.82. The lowest BCUT2D eigenvalue weighted by molar-refractivity contribution is -0.139. The molecule has 0 radical (unpaired) electrons. The number of hydrogen-bond donors (Lipinski definition) is 0. The normalized spacial score (nSPS) is 14.9. The van der Waals surface area contributed by atoms with Gasteiger partial charge in [0.15, 0.2) is 4.80 Å². The molecule has 2 aromatic carbocycles. The van der Waals surface area contributed by atoms with Crippen molar-refractivity contribution in [1.29, 1.82) is 0 Å². The van der Waals surface area contributed by atoms with E-state index in [9.17, 15) is 14.4 Å². The first-order valence-corrected chi connectivity index (χ1v) is 14.7. The summed E-state index contributed by atoms with van der Waals surface area (Å²) in [5.74, 6) is 0.293. The van der Waals surface area contributed by atoms with Crippen molar-refractivity contribution in [3.8, 4) is 17.1 Å². The molecule has 0 aliphatic carbocycles. The topological polar surface area (TPSA) is 109 Å². The lowest BCUT2D eigenvalue weighted by atomic mass is 9.95. The molecule has 1 aliphatic heterocycles. The van der Waals surface area contributed by atoms with Crippen LogP contribution in [0, 0.1) is 0 Å². The number of thiazole rings is 1. The number of esters is 2. The maximum absolute atomic E-state index is 13.9. The fourth-order valence-corrected chi connectivity index (χ4v) is 6.00. The molecule has 0 spiro atoms. The molecular weight excluding hydrogens is 592 g/mol. The zero-order chi connectivity index (χ0) is 30.8. The summed E-state index contributed by atoms with van der Waals surface area (Å²) >= 11 is 7.42. The molecule has 3 heterocycles. The molecule has 0 saturated carbocycles. The Bertz CT molecular complexity index is 1930. The monoisotopic (exact) mass is 620 g/mol. The number of carbonyl (C=O) groups excluding carboxylic acids is 2. The summed E-state index contributed by atoms with van der Waals surface area (Å²) in [4.78, 5) is 44.8. The third-order valence-corrected chi connectivity index (χ3v) is 7.85. The van der Waals surface area contributed by atoms with E-state index in [4.69, 9.17) is 30.2 Å². The van der Waals surface area contributed by atoms with Gasteiger partial charge in [0.2, 0.25) is 0 Å². The Balaban J connectivity index is 1.61. The van der Waals surface area contributed by atoms with Crippen molar-refractivity contribution in [1.82, 2.24) is 4.57 Å². The summed E-state index contributed by atoms with van der Waals surface area (Å²) in [6.45, 7) is 7.16. The Morgan fingerprint density at radius 2 is 1.93 bits per heavy atom. The Hall–Kier alpha value is -4.41. The van der Waals surface area contributed by atoms with Crippen LogP contribution in [0.1, 0.15) is 55.4 Å². The fraction of sp³-hybridized carbons (Fsp3) is 0.250. The highest BCUT2D eigenvalue weighted by molar-refractivity contribution is 7.07. The van der Waals surface area contributed by atoms with E-state index >= 15 is 0 Å². The van der Waals surface area contributed by atoms with Crippen LogP contribution in [0.2, 0.25) is 5.02 Å². The number of nitrogens with zero attached hydrogens (tertiary/aromatic N) is 2. The summed E-state index contributed by atoms with van der Waals surface area (Å²) in [6.07, 6.45) is 1.30. The molecule has 4 aromatic rings. The van der Waals surface area contributed by atoms with Gasteiger partial charge in [-0.3, -0.25) is 9.36 Å². The fourth-order valence-electron chi connectivity index (χ4n) is 4.80. The van der Waals surface area contributed by atoms with Crippen LogP contribution in [0.15, 0.2) is 80.1 Å². The number of rotatable bonds is 8. The number of halogens is 1. The third-order valence-electron chi connectivity index (χ3n) is 6.64. The minimum Gasteiger partial charge on any atom is -0.497 e. The highest BCUT2D eigenvalue weighted by Crippen LogP contribution is 2.33. The molecule has 2 aromatic heterocycles. The van der Waals surface area contributed by atoms with Crippen LogP contribution in [-0.4, -0.2) is 36.3 Å². The van der Waals surface area contributed by atoms with E-state index in [0.29, 0.717) is 54.0 Å². The standard InChI is InChI=1S/C32H29ClN2O7S/c1-6-40-31(38)27-18(4)34-32-35(28(27)19-8-7-9-21(14-19)39-5)29(36)26(43-32)16-22-11-13-25(42-22)24-15-20(33)10-12-23(24)30(37)41-17(2)3/h7-17,28H,6H2,1-5H3/b26-16+/t28-/m1/s1. The minimum atomic E-state index is -0.777. The molecule has 0 saturated heterocycles. The van der Waals surface area contributed by atoms with Crippen LogP contribution in [0.25, 0.3) is 17.4 Å². The Labute approximate surface area is 256 Å². The molecule has 11 heteroatoms. The first-order chi connectivity index (χ1) is 20.6. The summed E-state index contributed by atoms with van der Waals surface area (Å²) in [6, 6.07) is 14.6. The van der Waals surface area contributed by atoms with E-state index in [-0.39, 0.29) is 23.8 Å². The SMILES string of the molecule is CCOC(=O)C1=C(C)N=c2s/c(=C/c3ccc(-c4cc(Cl)ccc4C(=O)OC(C)C)o3)c(=O)n2[C@@H]1c1cccc(OC)c1. The number of fused-ring (bicyclic) bond motifs is 1. The second-order valence-electron chi connectivity index (χ2n) is 9.92. The molecule has 1 aliphatic rings. The summed E-state index contributed by atoms with van der Waals surface area (Å²) in [5, 5.41) is 0.424. The second kappa shape index (κ2) is 12.4. The Morgan fingerprint density at radius 1 is 1.14 bits per heavy atom. The predicted octanol–water partition coefficient (Wildman–Crippen LogP) is 5.29. The average Bonchev–Trinajstić information content (AvgIpc) is 3.56. The van der Waals surface area contributed by atoms with Crippen LogP contribution in [0.3, 0.4) is 0 Å². The molecule has 222 valence electrons. The van der Waals surface area contributed by atoms with Crippen LogP contribution in [-0.2, 0) is 14.3 Å². The molecule has 43 heavy (non-hydrogen) atoms. The van der Waals surface area contributed by atoms with Crippen molar-refractivity contribution >= 4 is 41.0 Å². The number of ether oxygens (including phenoxy) is 3. The maximum Gasteiger partial charge on any atom is 0.339 e. The molecule has 1 atom stereocenters. The molecule has 0 unspecified atom stereocenters. The average molecular weight is 621 g/mol. The quantitative estimate of drug-likeness (QED) is 0.246. The van der Waals surface area contributed by atoms with Gasteiger partial charge in [-0.1, -0.05) is 35.1 Å². The number of carbonyl (C=O) groups is 2. The van der Waals surface area contributed by atoms with Crippen LogP contribution in [0.5, 0.6) is 5.75 Å². The highest BCUT2D eigenvalue weighted by atomic mass is 35.5. The first kappa shape index (κ1) is 30.1. The third kappa shape index (κ3) is 6.07. The second-order valence-corrected chi connectivity index (χ2v) is 11.4. The Kier molecular flexibility index (Phi) is 8.70. The number of aromatic nitrogens is 1. The van der Waals surface area contributed by atoms with Crippen molar-refractivity contribution in [2.24, 2.45) is 4.99 Å². The number of allylic oxidation sites excluding steroid dienone is 1. The number of hydrogen-bond acceptors (Lipinski definition) is 9. The van der Waals surface area contributed by atoms with Crippen LogP contribution >= 0.6 is 22.9 Å². The molecule has 5 rings (SSSR count). The molecule has 9 nitrogen and oxygen atoms in total. The summed E-state index contributed by atoms with van der Waals surface area (Å²) < 4.78 is 24.1. The largest absolute Gasteiger partial charge is 0.497 e. The zero-order valence-electron chi connectivity index (χ0n) is 24.2. The van der Waals surface area contributed by atoms with Crippen LogP contribution < -0.4 is 19.6 Å². The van der Waals surface area contributed by atoms with Gasteiger partial charge in [-0.2, -0.15) is 0 Å². The van der Waals surface area contributed by atoms with Crippen molar-refractivity contribution < 1.29 is 28.2 Å². The van der Waals surface area contributed by atoms with Crippen molar-refractivity contribution in [2.45, 2.75) is 39.8 Å². The van der Waals surface area contributed by atoms with Gasteiger partial charge >= 0.3 is 11.9 Å². The molecule has 0 N–H and O–H groups in total. The van der Waals surface area contributed by atoms with Gasteiger partial charge in [0.25, 0.3) is 5.56 Å². The number of benzene rings is 2. The first-order valence-electron chi connectivity index (χ1n) is 13.6. The van der Waals surface area contributed by atoms with E-state index in [0.717, 1.165) is 0 Å². The van der Waals surface area contributed by atoms with E-state index < -0.39 is 18.0 Å². The summed E-state index contributed by atoms with van der Waals surface area (Å²) in [7, 11) is 1.55. The molecule has 0 amide bonds. The van der Waals surface area contributed by atoms with Gasteiger partial charge < -0.3 is 18.6 Å². The minimum absolute atomic E-state index is 0.176. The van der Waals surface area contributed by atoms with Gasteiger partial charge in [-0.05, 0) is 75.7 Å². The smallest absolute Gasteiger partial charge is 0.339 e. The zero-order valence-corrected chi connectivity index (χ0v) is 25.7. The van der Waals surface area contributed by atoms with E-state index in [1.54, 1.807) is 89.4 Å². The lowest BCUT2D eigenvalue weighted by Crippen LogP contribution is -2.39. The lowest BCUT2D eigenvalue weighted by Gasteiger charge is -2.24. The highest BCUT2D eigenvalue weighted by Gasteiger charge is 2.33. The van der Waals surface area contributed by atoms with E-state index in [2.05, 4.69) is 4.99 Å². The van der Waals surface area contributed by atoms with Crippen LogP contribution in [0.4, 0.5) is 0 Å². The molecular formula is C32H29ClN2O7S. The van der Waals surface area contributed by atoms with Crippen molar-refractivity contribution in [3.63, 3.8) is 0 Å². The Morgan fingerprint density at radius 3 is 2.65 bits per heavy atom.